The number of fused-ring (bicyclic) bond motifs is 5. The van der Waals surface area contributed by atoms with Gasteiger partial charge in [-0.15, -0.1) is 0 Å². The van der Waals surface area contributed by atoms with Gasteiger partial charge < -0.3 is 49.6 Å². The van der Waals surface area contributed by atoms with Gasteiger partial charge in [0.15, 0.2) is 5.78 Å². The van der Waals surface area contributed by atoms with Crippen LogP contribution < -0.4 is 4.74 Å². The largest absolute Gasteiger partial charge is 0.507 e. The second-order valence-electron chi connectivity index (χ2n) is 18.0. The monoisotopic (exact) mass is 758 g/mol. The quantitative estimate of drug-likeness (QED) is 0.179. The van der Waals surface area contributed by atoms with Crippen LogP contribution in [0.3, 0.4) is 0 Å². The fourth-order valence-electron chi connectivity index (χ4n) is 13.2. The molecule has 6 fully saturated rings. The summed E-state index contributed by atoms with van der Waals surface area (Å²) in [6.07, 6.45) is 3.85. The van der Waals surface area contributed by atoms with Crippen LogP contribution in [0, 0.1) is 41.9 Å². The minimum absolute atomic E-state index is 0.0217. The summed E-state index contributed by atoms with van der Waals surface area (Å²) < 4.78 is 26.3. The minimum Gasteiger partial charge on any atom is -0.507 e. The number of hydrogen-bond donors (Lipinski definition) is 6. The van der Waals surface area contributed by atoms with Crippen LogP contribution in [0.25, 0.3) is 10.8 Å². The molecule has 4 aliphatic heterocycles. The number of phenolic OH excluding ortho intramolecular Hbond substituents is 2. The van der Waals surface area contributed by atoms with Crippen molar-refractivity contribution in [3.63, 3.8) is 0 Å². The van der Waals surface area contributed by atoms with E-state index in [1.165, 1.54) is 68.7 Å². The molecule has 2 spiro atoms. The number of allylic oxidation sites excluding steroid dienone is 2. The average Bonchev–Trinajstić information content (AvgIpc) is 3.74. The van der Waals surface area contributed by atoms with Crippen LogP contribution in [0.15, 0.2) is 34.9 Å². The molecule has 10 rings (SSSR count). The Bertz CT molecular complexity index is 2060. The summed E-state index contributed by atoms with van der Waals surface area (Å²) in [5.41, 5.74) is 2.27. The Morgan fingerprint density at radius 1 is 0.964 bits per heavy atom. The molecular weight excluding hydrogens is 708 g/mol. The Kier molecular flexibility index (Phi) is 8.14. The molecule has 0 amide bonds. The van der Waals surface area contributed by atoms with E-state index in [2.05, 4.69) is 6.08 Å². The minimum atomic E-state index is -1.73. The lowest BCUT2D eigenvalue weighted by molar-refractivity contribution is -0.336. The van der Waals surface area contributed by atoms with E-state index in [4.69, 9.17) is 18.9 Å². The molecule has 294 valence electrons. The number of carbonyl (C=O) groups excluding carboxylic acids is 1. The van der Waals surface area contributed by atoms with Gasteiger partial charge >= 0.3 is 5.97 Å². The predicted molar refractivity (Wildman–Crippen MR) is 196 cm³/mol. The number of phenols is 2. The molecule has 0 unspecified atom stereocenters. The number of hydrogen-bond acceptors (Lipinski definition) is 11. The third-order valence-electron chi connectivity index (χ3n) is 15.3. The third kappa shape index (κ3) is 5.04. The van der Waals surface area contributed by atoms with Crippen LogP contribution in [-0.4, -0.2) is 98.0 Å². The van der Waals surface area contributed by atoms with E-state index < -0.39 is 65.7 Å². The molecule has 12 nitrogen and oxygen atoms in total. The van der Waals surface area contributed by atoms with Gasteiger partial charge in [0.25, 0.3) is 0 Å². The fourth-order valence-corrected chi connectivity index (χ4v) is 13.2. The molecule has 12 atom stereocenters. The number of Topliss-reactive ketones (excluding diaryl/α,β-unsaturated/α-hetero) is 1. The summed E-state index contributed by atoms with van der Waals surface area (Å²) in [4.78, 5) is 24.9. The molecule has 0 aromatic heterocycles. The number of aliphatic hydroxyl groups excluding tert-OH is 3. The fraction of sp³-hybridized carbons (Fsp3) is 0.628. The van der Waals surface area contributed by atoms with E-state index in [9.17, 15) is 40.2 Å². The highest BCUT2D eigenvalue weighted by Crippen LogP contribution is 2.67. The number of carboxylic acids is 1. The normalized spacial score (nSPS) is 39.8. The number of aromatic carboxylic acids is 1. The molecule has 2 bridgehead atoms. The summed E-state index contributed by atoms with van der Waals surface area (Å²) in [5, 5.41) is 68.7. The van der Waals surface area contributed by atoms with E-state index >= 15 is 0 Å². The standard InChI is InChI=1S/C43H50O12/c1-18-31(19(2)44)36(47)34-24(35(18)46)11-20(40(50)51)12-30(34)53-41-37(48)38(49)43-15-26-25-14-42(9-3-4-10-42)13-21-16-52-17-27(32(21)25)22-5-6-23(33(22)26)29(55-43)8-7-28(45)39(43)54-41/h5,11-12,21,25-29,32,37-39,41,45-49H,3-4,6-10,13-17H2,1-2H3,(H,50,51)/t21-,25-,26-,27-,28+,29+,32-,37-,38-,39-,41+,43+/m1/s1. The highest BCUT2D eigenvalue weighted by atomic mass is 16.7. The smallest absolute Gasteiger partial charge is 0.335 e. The molecule has 3 saturated heterocycles. The maximum Gasteiger partial charge on any atom is 0.335 e. The molecule has 3 saturated carbocycles. The van der Waals surface area contributed by atoms with Crippen molar-refractivity contribution in [2.75, 3.05) is 13.2 Å². The number of carbonyl (C=O) groups is 2. The topological polar surface area (TPSA) is 192 Å². The number of benzene rings is 2. The molecule has 8 aliphatic rings. The molecule has 6 N–H and O–H groups in total. The van der Waals surface area contributed by atoms with Gasteiger partial charge in [0.05, 0.1) is 35.3 Å². The first-order valence-corrected chi connectivity index (χ1v) is 20.1. The van der Waals surface area contributed by atoms with Crippen molar-refractivity contribution in [1.29, 1.82) is 0 Å². The lowest BCUT2D eigenvalue weighted by Crippen LogP contribution is -2.71. The molecule has 12 heteroatoms. The highest BCUT2D eigenvalue weighted by Gasteiger charge is 2.66. The van der Waals surface area contributed by atoms with Crippen LogP contribution in [-0.2, 0) is 14.2 Å². The van der Waals surface area contributed by atoms with E-state index in [1.807, 2.05) is 0 Å². The van der Waals surface area contributed by atoms with Crippen LogP contribution in [0.4, 0.5) is 0 Å². The lowest BCUT2D eigenvalue weighted by atomic mass is 9.48. The zero-order valence-electron chi connectivity index (χ0n) is 31.2. The summed E-state index contributed by atoms with van der Waals surface area (Å²) in [7, 11) is 0. The second kappa shape index (κ2) is 12.5. The molecule has 55 heavy (non-hydrogen) atoms. The Hall–Kier alpha value is -3.52. The van der Waals surface area contributed by atoms with Crippen molar-refractivity contribution < 1.29 is 59.2 Å². The van der Waals surface area contributed by atoms with Crippen molar-refractivity contribution in [1.82, 2.24) is 0 Å². The lowest BCUT2D eigenvalue weighted by Gasteiger charge is -2.59. The first-order valence-electron chi connectivity index (χ1n) is 20.1. The van der Waals surface area contributed by atoms with Crippen molar-refractivity contribution in [3.8, 4) is 17.2 Å². The van der Waals surface area contributed by atoms with Gasteiger partial charge in [0, 0.05) is 23.5 Å². The maximum absolute atomic E-state index is 12.6. The van der Waals surface area contributed by atoms with Gasteiger partial charge in [-0.2, -0.15) is 0 Å². The van der Waals surface area contributed by atoms with Gasteiger partial charge in [0.2, 0.25) is 6.29 Å². The van der Waals surface area contributed by atoms with Gasteiger partial charge in [-0.3, -0.25) is 4.79 Å². The van der Waals surface area contributed by atoms with E-state index in [0.717, 1.165) is 25.5 Å². The van der Waals surface area contributed by atoms with Crippen molar-refractivity contribution in [3.05, 3.63) is 51.6 Å². The van der Waals surface area contributed by atoms with E-state index in [0.29, 0.717) is 49.5 Å². The number of aliphatic hydroxyl groups is 3. The first kappa shape index (κ1) is 35.9. The Morgan fingerprint density at radius 3 is 2.49 bits per heavy atom. The van der Waals surface area contributed by atoms with E-state index in [1.54, 1.807) is 0 Å². The molecule has 4 aliphatic carbocycles. The first-order chi connectivity index (χ1) is 26.3. The number of ketones is 1. The zero-order chi connectivity index (χ0) is 38.3. The Balaban J connectivity index is 1.06. The second-order valence-corrected chi connectivity index (χ2v) is 18.0. The summed E-state index contributed by atoms with van der Waals surface area (Å²) in [6.45, 7) is 4.14. The van der Waals surface area contributed by atoms with Crippen molar-refractivity contribution in [2.45, 2.75) is 120 Å². The summed E-state index contributed by atoms with van der Waals surface area (Å²) in [6, 6.07) is 2.28. The predicted octanol–water partition coefficient (Wildman–Crippen LogP) is 5.07. The Morgan fingerprint density at radius 2 is 1.75 bits per heavy atom. The molecule has 4 heterocycles. The summed E-state index contributed by atoms with van der Waals surface area (Å²) >= 11 is 0. The number of aromatic hydroxyl groups is 2. The van der Waals surface area contributed by atoms with Gasteiger partial charge in [-0.1, -0.05) is 18.9 Å². The highest BCUT2D eigenvalue weighted by molar-refractivity contribution is 6.11. The van der Waals surface area contributed by atoms with Crippen LogP contribution in [0.2, 0.25) is 0 Å². The Labute approximate surface area is 318 Å². The van der Waals surface area contributed by atoms with Crippen LogP contribution >= 0.6 is 0 Å². The van der Waals surface area contributed by atoms with Crippen molar-refractivity contribution in [2.24, 2.45) is 35.0 Å². The molecule has 0 radical (unpaired) electrons. The third-order valence-corrected chi connectivity index (χ3v) is 15.3. The maximum atomic E-state index is 12.6. The van der Waals surface area contributed by atoms with Gasteiger partial charge in [-0.05, 0) is 123 Å². The molecule has 2 aromatic rings. The number of rotatable bonds is 4. The van der Waals surface area contributed by atoms with Crippen molar-refractivity contribution >= 4 is 22.5 Å². The van der Waals surface area contributed by atoms with Gasteiger partial charge in [0.1, 0.15) is 41.2 Å². The SMILES string of the molecule is CC(=O)c1c(C)c(O)c2cc(C(=O)O)cc(O[C@H]3O[C@@H]4[C@@H](O)CC[C@@H]5O[C@@]4(C[C@H]4C6=C5CC=C6[C@H]5COC[C@H]6CC7(CCCC7)C[C@H]4[C@@H]65)[C@H](O)[C@H]3O)c2c1O. The summed E-state index contributed by atoms with van der Waals surface area (Å²) in [5.74, 6) is -1.58. The van der Waals surface area contributed by atoms with E-state index in [-0.39, 0.29) is 44.5 Å². The number of ether oxygens (including phenoxy) is 4. The molecule has 2 aromatic carbocycles. The molecular formula is C43H50O12. The zero-order valence-corrected chi connectivity index (χ0v) is 31.2. The van der Waals surface area contributed by atoms with Crippen LogP contribution in [0.1, 0.15) is 97.4 Å². The van der Waals surface area contributed by atoms with Gasteiger partial charge in [-0.25, -0.2) is 4.79 Å². The number of carboxylic acid groups (broad SMARTS) is 1. The average molecular weight is 759 g/mol. The van der Waals surface area contributed by atoms with Crippen LogP contribution in [0.5, 0.6) is 17.2 Å².